The van der Waals surface area contributed by atoms with Crippen LogP contribution in [0.2, 0.25) is 0 Å². The third-order valence-corrected chi connectivity index (χ3v) is 6.97. The molecular weight excluding hydrogens is 448 g/mol. The molecule has 2 aromatic carbocycles. The van der Waals surface area contributed by atoms with Gasteiger partial charge in [-0.2, -0.15) is 9.61 Å². The molecule has 0 unspecified atom stereocenters. The zero-order valence-electron chi connectivity index (χ0n) is 17.6. The summed E-state index contributed by atoms with van der Waals surface area (Å²) < 4.78 is 34.8. The molecule has 0 amide bonds. The molecule has 0 spiro atoms. The lowest BCUT2D eigenvalue weighted by Gasteiger charge is -2.11. The summed E-state index contributed by atoms with van der Waals surface area (Å²) in [6, 6.07) is 14.6. The average Bonchev–Trinajstić information content (AvgIpc) is 3.16. The molecular formula is C22H22N4O4S2. The molecule has 0 fully saturated rings. The number of anilines is 1. The number of nitrogens with one attached hydrogen (secondary N) is 1. The lowest BCUT2D eigenvalue weighted by molar-refractivity contribution is 0.301. The van der Waals surface area contributed by atoms with Crippen molar-refractivity contribution in [1.82, 2.24) is 14.6 Å². The molecule has 0 saturated heterocycles. The summed E-state index contributed by atoms with van der Waals surface area (Å²) in [5, 5.41) is 5.16. The van der Waals surface area contributed by atoms with Crippen molar-refractivity contribution in [3.63, 3.8) is 0 Å². The Bertz CT molecular complexity index is 1410. The van der Waals surface area contributed by atoms with Gasteiger partial charge in [0, 0.05) is 18.6 Å². The van der Waals surface area contributed by atoms with Crippen LogP contribution in [0.4, 0.5) is 5.69 Å². The molecule has 0 aliphatic rings. The molecule has 10 heteroatoms. The van der Waals surface area contributed by atoms with Crippen LogP contribution in [0.5, 0.6) is 5.75 Å². The van der Waals surface area contributed by atoms with Gasteiger partial charge in [0.1, 0.15) is 17.4 Å². The largest absolute Gasteiger partial charge is 0.487 e. The maximum atomic E-state index is 12.6. The fourth-order valence-electron chi connectivity index (χ4n) is 3.02. The Morgan fingerprint density at radius 3 is 2.66 bits per heavy atom. The van der Waals surface area contributed by atoms with E-state index in [4.69, 9.17) is 4.74 Å². The minimum atomic E-state index is -3.71. The minimum absolute atomic E-state index is 0.0704. The monoisotopic (exact) mass is 470 g/mol. The third-order valence-electron chi connectivity index (χ3n) is 4.61. The van der Waals surface area contributed by atoms with E-state index in [-0.39, 0.29) is 17.1 Å². The van der Waals surface area contributed by atoms with E-state index in [1.807, 2.05) is 6.92 Å². The number of rotatable bonds is 8. The number of ether oxygens (including phenoxy) is 1. The summed E-state index contributed by atoms with van der Waals surface area (Å²) in [5.74, 6) is 0.451. The molecule has 8 nitrogen and oxygen atoms in total. The molecule has 4 aromatic rings. The number of hydrogen-bond donors (Lipinski definition) is 1. The highest BCUT2D eigenvalue weighted by Gasteiger charge is 2.14. The quantitative estimate of drug-likeness (QED) is 0.420. The molecule has 0 saturated carbocycles. The van der Waals surface area contributed by atoms with E-state index in [0.29, 0.717) is 22.1 Å². The standard InChI is InChI=1S/C22H22N4O4S2/c1-3-5-20-24-26-21(27)13-17(23-22(26)31-20)14-30-18-7-4-6-16(12-18)25-32(28,29)19-10-8-15(2)9-11-19/h4,6-13,25H,3,5,14H2,1-2H3. The van der Waals surface area contributed by atoms with E-state index >= 15 is 0 Å². The molecule has 0 atom stereocenters. The van der Waals surface area contributed by atoms with Gasteiger partial charge in [0.15, 0.2) is 0 Å². The molecule has 2 heterocycles. The Balaban J connectivity index is 1.48. The van der Waals surface area contributed by atoms with Crippen LogP contribution in [-0.2, 0) is 23.1 Å². The Labute approximate surface area is 189 Å². The SMILES string of the molecule is CCCc1nn2c(=O)cc(COc3cccc(NS(=O)(=O)c4ccc(C)cc4)c3)nc2s1. The highest BCUT2D eigenvalue weighted by molar-refractivity contribution is 7.92. The fraction of sp³-hybridized carbons (Fsp3) is 0.227. The molecule has 32 heavy (non-hydrogen) atoms. The molecule has 166 valence electrons. The van der Waals surface area contributed by atoms with Gasteiger partial charge in [-0.25, -0.2) is 13.4 Å². The van der Waals surface area contributed by atoms with Gasteiger partial charge in [-0.1, -0.05) is 42.0 Å². The first-order valence-corrected chi connectivity index (χ1v) is 12.3. The zero-order valence-corrected chi connectivity index (χ0v) is 19.2. The van der Waals surface area contributed by atoms with E-state index in [2.05, 4.69) is 21.7 Å². The number of fused-ring (bicyclic) bond motifs is 1. The van der Waals surface area contributed by atoms with Gasteiger partial charge in [-0.05, 0) is 37.6 Å². The second-order valence-electron chi connectivity index (χ2n) is 7.26. The lowest BCUT2D eigenvalue weighted by Crippen LogP contribution is -2.16. The van der Waals surface area contributed by atoms with Crippen molar-refractivity contribution in [1.29, 1.82) is 0 Å². The van der Waals surface area contributed by atoms with Gasteiger partial charge >= 0.3 is 0 Å². The molecule has 0 radical (unpaired) electrons. The van der Waals surface area contributed by atoms with Crippen molar-refractivity contribution in [2.45, 2.75) is 38.2 Å². The van der Waals surface area contributed by atoms with Gasteiger partial charge in [0.05, 0.1) is 16.3 Å². The van der Waals surface area contributed by atoms with Crippen molar-refractivity contribution in [3.05, 3.63) is 81.2 Å². The fourth-order valence-corrected chi connectivity index (χ4v) is 5.09. The molecule has 2 aromatic heterocycles. The third kappa shape index (κ3) is 4.97. The van der Waals surface area contributed by atoms with E-state index in [9.17, 15) is 13.2 Å². The second-order valence-corrected chi connectivity index (χ2v) is 9.98. The molecule has 1 N–H and O–H groups in total. The summed E-state index contributed by atoms with van der Waals surface area (Å²) in [6.07, 6.45) is 1.74. The van der Waals surface area contributed by atoms with Crippen molar-refractivity contribution in [3.8, 4) is 5.75 Å². The molecule has 0 aliphatic heterocycles. The van der Waals surface area contributed by atoms with Crippen molar-refractivity contribution in [2.24, 2.45) is 0 Å². The topological polar surface area (TPSA) is 103 Å². The van der Waals surface area contributed by atoms with Crippen molar-refractivity contribution in [2.75, 3.05) is 4.72 Å². The summed E-state index contributed by atoms with van der Waals surface area (Å²) in [7, 11) is -3.71. The number of aryl methyl sites for hydroxylation is 2. The van der Waals surface area contributed by atoms with Gasteiger partial charge in [0.25, 0.3) is 15.6 Å². The Morgan fingerprint density at radius 2 is 1.91 bits per heavy atom. The van der Waals surface area contributed by atoms with E-state index in [0.717, 1.165) is 23.4 Å². The van der Waals surface area contributed by atoms with Crippen molar-refractivity contribution >= 4 is 32.0 Å². The summed E-state index contributed by atoms with van der Waals surface area (Å²) in [6.45, 7) is 4.02. The molecule has 0 aliphatic carbocycles. The smallest absolute Gasteiger partial charge is 0.275 e. The lowest BCUT2D eigenvalue weighted by atomic mass is 10.2. The number of sulfonamides is 1. The Morgan fingerprint density at radius 1 is 1.12 bits per heavy atom. The molecule has 4 rings (SSSR count). The highest BCUT2D eigenvalue weighted by atomic mass is 32.2. The highest BCUT2D eigenvalue weighted by Crippen LogP contribution is 2.22. The predicted octanol–water partition coefficient (Wildman–Crippen LogP) is 3.79. The predicted molar refractivity (Wildman–Crippen MR) is 124 cm³/mol. The summed E-state index contributed by atoms with van der Waals surface area (Å²) in [4.78, 5) is 17.5. The Hall–Kier alpha value is -3.24. The van der Waals surface area contributed by atoms with Gasteiger partial charge in [-0.15, -0.1) is 0 Å². The summed E-state index contributed by atoms with van der Waals surface area (Å²) in [5.41, 5.74) is 1.57. The van der Waals surface area contributed by atoms with Crippen LogP contribution in [0.25, 0.3) is 4.96 Å². The zero-order chi connectivity index (χ0) is 22.7. The van der Waals surface area contributed by atoms with E-state index in [1.54, 1.807) is 48.5 Å². The van der Waals surface area contributed by atoms with Crippen LogP contribution in [-0.4, -0.2) is 23.0 Å². The van der Waals surface area contributed by atoms with Crippen LogP contribution in [0.3, 0.4) is 0 Å². The molecule has 0 bridgehead atoms. The first-order valence-electron chi connectivity index (χ1n) is 10.0. The van der Waals surface area contributed by atoms with Gasteiger partial charge < -0.3 is 4.74 Å². The Kier molecular flexibility index (Phi) is 6.24. The number of hydrogen-bond acceptors (Lipinski definition) is 7. The van der Waals surface area contributed by atoms with Crippen LogP contribution in [0, 0.1) is 6.92 Å². The summed E-state index contributed by atoms with van der Waals surface area (Å²) >= 11 is 1.39. The number of benzene rings is 2. The first-order chi connectivity index (χ1) is 15.3. The average molecular weight is 471 g/mol. The van der Waals surface area contributed by atoms with E-state index in [1.165, 1.54) is 21.9 Å². The van der Waals surface area contributed by atoms with Crippen LogP contribution in [0.1, 0.15) is 29.6 Å². The van der Waals surface area contributed by atoms with Crippen LogP contribution < -0.4 is 15.0 Å². The maximum absolute atomic E-state index is 12.6. The van der Waals surface area contributed by atoms with Crippen LogP contribution in [0.15, 0.2) is 64.3 Å². The first kappa shape index (κ1) is 22.0. The van der Waals surface area contributed by atoms with Crippen LogP contribution >= 0.6 is 11.3 Å². The number of aromatic nitrogens is 3. The second kappa shape index (κ2) is 9.09. The van der Waals surface area contributed by atoms with Gasteiger partial charge in [0.2, 0.25) is 4.96 Å². The maximum Gasteiger partial charge on any atom is 0.275 e. The number of nitrogens with zero attached hydrogens (tertiary/aromatic N) is 3. The normalized spacial score (nSPS) is 11.6. The van der Waals surface area contributed by atoms with Crippen molar-refractivity contribution < 1.29 is 13.2 Å². The van der Waals surface area contributed by atoms with E-state index < -0.39 is 10.0 Å². The minimum Gasteiger partial charge on any atom is -0.487 e. The van der Waals surface area contributed by atoms with Gasteiger partial charge in [-0.3, -0.25) is 9.52 Å².